The summed E-state index contributed by atoms with van der Waals surface area (Å²) in [5.41, 5.74) is 2.18. The zero-order valence-electron chi connectivity index (χ0n) is 14.5. The van der Waals surface area contributed by atoms with Crippen LogP contribution in [0, 0.1) is 6.92 Å². The van der Waals surface area contributed by atoms with Crippen LogP contribution in [-0.2, 0) is 0 Å². The average Bonchev–Trinajstić information content (AvgIpc) is 3.04. The first-order valence-electron chi connectivity index (χ1n) is 8.12. The molecule has 6 heteroatoms. The van der Waals surface area contributed by atoms with E-state index in [1.165, 1.54) is 11.3 Å². The van der Waals surface area contributed by atoms with Crippen molar-refractivity contribution in [3.63, 3.8) is 0 Å². The van der Waals surface area contributed by atoms with Crippen molar-refractivity contribution in [2.45, 2.75) is 46.6 Å². The fraction of sp³-hybridized carbons (Fsp3) is 0.389. The molecule has 5 nitrogen and oxygen atoms in total. The number of nitrogens with one attached hydrogen (secondary N) is 2. The van der Waals surface area contributed by atoms with Gasteiger partial charge in [-0.15, -0.1) is 0 Å². The summed E-state index contributed by atoms with van der Waals surface area (Å²) in [6.07, 6.45) is 3.00. The van der Waals surface area contributed by atoms with Crippen molar-refractivity contribution in [2.24, 2.45) is 0 Å². The maximum atomic E-state index is 12.4. The van der Waals surface area contributed by atoms with E-state index in [9.17, 15) is 9.59 Å². The third-order valence-corrected chi connectivity index (χ3v) is 4.77. The van der Waals surface area contributed by atoms with Gasteiger partial charge in [0.05, 0.1) is 6.20 Å². The molecule has 0 bridgehead atoms. The first-order valence-corrected chi connectivity index (χ1v) is 8.93. The predicted octanol–water partition coefficient (Wildman–Crippen LogP) is 4.51. The number of rotatable bonds is 7. The molecular formula is C18H23N3O2S. The Morgan fingerprint density at radius 1 is 1.29 bits per heavy atom. The van der Waals surface area contributed by atoms with Crippen molar-refractivity contribution in [2.75, 3.05) is 10.6 Å². The number of hydrogen-bond donors (Lipinski definition) is 2. The number of anilines is 2. The number of Topliss-reactive ketones (excluding diaryl/α,β-unsaturated/α-hetero) is 1. The van der Waals surface area contributed by atoms with E-state index in [2.05, 4.69) is 29.5 Å². The van der Waals surface area contributed by atoms with Gasteiger partial charge in [-0.25, -0.2) is 4.98 Å². The van der Waals surface area contributed by atoms with Gasteiger partial charge < -0.3 is 10.6 Å². The average molecular weight is 345 g/mol. The first kappa shape index (κ1) is 18.1. The van der Waals surface area contributed by atoms with Gasteiger partial charge in [0.1, 0.15) is 4.88 Å². The Kier molecular flexibility index (Phi) is 6.09. The second kappa shape index (κ2) is 8.06. The molecule has 0 spiro atoms. The zero-order chi connectivity index (χ0) is 17.7. The van der Waals surface area contributed by atoms with E-state index in [4.69, 9.17) is 0 Å². The fourth-order valence-electron chi connectivity index (χ4n) is 2.08. The van der Waals surface area contributed by atoms with Crippen LogP contribution in [0.4, 0.5) is 10.8 Å². The maximum absolute atomic E-state index is 12.4. The number of hydrogen-bond acceptors (Lipinski definition) is 5. The molecule has 0 saturated carbocycles. The van der Waals surface area contributed by atoms with E-state index < -0.39 is 0 Å². The van der Waals surface area contributed by atoms with Crippen molar-refractivity contribution in [1.29, 1.82) is 0 Å². The lowest BCUT2D eigenvalue weighted by atomic mass is 10.1. The molecule has 24 heavy (non-hydrogen) atoms. The summed E-state index contributed by atoms with van der Waals surface area (Å²) in [5.74, 6) is -0.155. The normalized spacial score (nSPS) is 11.8. The summed E-state index contributed by atoms with van der Waals surface area (Å²) < 4.78 is 0. The van der Waals surface area contributed by atoms with Crippen molar-refractivity contribution in [3.8, 4) is 0 Å². The third kappa shape index (κ3) is 4.41. The molecule has 128 valence electrons. The number of ketones is 1. The fourth-order valence-corrected chi connectivity index (χ4v) is 2.90. The van der Waals surface area contributed by atoms with Gasteiger partial charge in [0.15, 0.2) is 10.9 Å². The van der Waals surface area contributed by atoms with Crippen molar-refractivity contribution in [1.82, 2.24) is 4.98 Å². The third-order valence-electron chi connectivity index (χ3n) is 3.84. The molecule has 0 aliphatic carbocycles. The van der Waals surface area contributed by atoms with Crippen molar-refractivity contribution in [3.05, 3.63) is 40.4 Å². The van der Waals surface area contributed by atoms with Crippen LogP contribution in [0.2, 0.25) is 0 Å². The minimum absolute atomic E-state index is 0.0586. The second-order valence-electron chi connectivity index (χ2n) is 5.74. The summed E-state index contributed by atoms with van der Waals surface area (Å²) in [7, 11) is 0. The van der Waals surface area contributed by atoms with Crippen molar-refractivity contribution < 1.29 is 9.59 Å². The maximum Gasteiger partial charge on any atom is 0.267 e. The topological polar surface area (TPSA) is 71.1 Å². The summed E-state index contributed by atoms with van der Waals surface area (Å²) in [4.78, 5) is 29.0. The van der Waals surface area contributed by atoms with Gasteiger partial charge in [-0.2, -0.15) is 0 Å². The highest BCUT2D eigenvalue weighted by atomic mass is 32.1. The van der Waals surface area contributed by atoms with Crippen LogP contribution < -0.4 is 10.6 Å². The standard InChI is InChI=1S/C18H23N3O2S/c1-5-12(4)20-18-19-10-16(24-18)17(23)21-14-9-13(15(22)6-2)8-7-11(14)3/h7-10,12H,5-6H2,1-4H3,(H,19,20)(H,21,23)/t12-/m1/s1. The largest absolute Gasteiger partial charge is 0.359 e. The number of carbonyl (C=O) groups is 2. The van der Waals surface area contributed by atoms with Gasteiger partial charge >= 0.3 is 0 Å². The van der Waals surface area contributed by atoms with Gasteiger partial charge in [0.2, 0.25) is 0 Å². The number of amides is 1. The highest BCUT2D eigenvalue weighted by Gasteiger charge is 2.14. The van der Waals surface area contributed by atoms with Crippen LogP contribution >= 0.6 is 11.3 Å². The Labute approximate surface area is 146 Å². The second-order valence-corrected chi connectivity index (χ2v) is 6.77. The Bertz CT molecular complexity index is 740. The van der Waals surface area contributed by atoms with Crippen LogP contribution in [0.3, 0.4) is 0 Å². The lowest BCUT2D eigenvalue weighted by molar-refractivity contribution is 0.0985. The molecular weight excluding hydrogens is 322 g/mol. The lowest BCUT2D eigenvalue weighted by Crippen LogP contribution is -2.13. The molecule has 1 heterocycles. The number of aryl methyl sites for hydroxylation is 1. The SMILES string of the molecule is CCC(=O)c1ccc(C)c(NC(=O)c2cnc(N[C@H](C)CC)s2)c1. The van der Waals surface area contributed by atoms with Crippen LogP contribution in [0.25, 0.3) is 0 Å². The molecule has 1 amide bonds. The molecule has 0 aliphatic heterocycles. The highest BCUT2D eigenvalue weighted by molar-refractivity contribution is 7.17. The van der Waals surface area contributed by atoms with Crippen LogP contribution in [0.15, 0.2) is 24.4 Å². The van der Waals surface area contributed by atoms with Crippen LogP contribution in [0.1, 0.15) is 59.2 Å². The summed E-state index contributed by atoms with van der Waals surface area (Å²) in [6, 6.07) is 5.68. The number of thiazole rings is 1. The van der Waals surface area contributed by atoms with E-state index in [1.54, 1.807) is 18.3 Å². The van der Waals surface area contributed by atoms with Crippen molar-refractivity contribution >= 4 is 33.8 Å². The highest BCUT2D eigenvalue weighted by Crippen LogP contribution is 2.23. The van der Waals surface area contributed by atoms with Gasteiger partial charge in [-0.3, -0.25) is 9.59 Å². The van der Waals surface area contributed by atoms with Gasteiger partial charge in [0, 0.05) is 23.7 Å². The minimum atomic E-state index is -0.214. The lowest BCUT2D eigenvalue weighted by Gasteiger charge is -2.09. The molecule has 2 rings (SSSR count). The smallest absolute Gasteiger partial charge is 0.267 e. The first-order chi connectivity index (χ1) is 11.4. The monoisotopic (exact) mass is 345 g/mol. The van der Waals surface area contributed by atoms with Gasteiger partial charge in [-0.1, -0.05) is 37.3 Å². The quantitative estimate of drug-likeness (QED) is 0.725. The summed E-state index contributed by atoms with van der Waals surface area (Å²) in [6.45, 7) is 7.88. The molecule has 0 saturated heterocycles. The zero-order valence-corrected chi connectivity index (χ0v) is 15.3. The van der Waals surface area contributed by atoms with E-state index in [0.717, 1.165) is 17.1 Å². The molecule has 2 N–H and O–H groups in total. The molecule has 0 unspecified atom stereocenters. The predicted molar refractivity (Wildman–Crippen MR) is 99.2 cm³/mol. The number of carbonyl (C=O) groups excluding carboxylic acids is 2. The number of benzene rings is 1. The molecule has 1 atom stereocenters. The molecule has 1 aromatic carbocycles. The van der Waals surface area contributed by atoms with Gasteiger partial charge in [-0.05, 0) is 31.9 Å². The molecule has 1 aromatic heterocycles. The Balaban J connectivity index is 2.13. The summed E-state index contributed by atoms with van der Waals surface area (Å²) in [5, 5.41) is 6.87. The molecule has 2 aromatic rings. The Hall–Kier alpha value is -2.21. The van der Waals surface area contributed by atoms with Crippen LogP contribution in [0.5, 0.6) is 0 Å². The Morgan fingerprint density at radius 2 is 2.04 bits per heavy atom. The Morgan fingerprint density at radius 3 is 2.71 bits per heavy atom. The van der Waals surface area contributed by atoms with Crippen LogP contribution in [-0.4, -0.2) is 22.7 Å². The van der Waals surface area contributed by atoms with E-state index in [-0.39, 0.29) is 11.7 Å². The molecule has 0 aliphatic rings. The van der Waals surface area contributed by atoms with E-state index in [1.807, 2.05) is 19.9 Å². The van der Waals surface area contributed by atoms with Gasteiger partial charge in [0.25, 0.3) is 5.91 Å². The molecule has 0 fully saturated rings. The summed E-state index contributed by atoms with van der Waals surface area (Å²) >= 11 is 1.32. The van der Waals surface area contributed by atoms with E-state index >= 15 is 0 Å². The molecule has 0 radical (unpaired) electrons. The number of aromatic nitrogens is 1. The minimum Gasteiger partial charge on any atom is -0.359 e. The van der Waals surface area contributed by atoms with E-state index in [0.29, 0.717) is 28.6 Å². The number of nitrogens with zero attached hydrogens (tertiary/aromatic N) is 1.